The highest BCUT2D eigenvalue weighted by atomic mass is 32.1. The number of carbonyl (C=O) groups excluding carboxylic acids is 2. The Bertz CT molecular complexity index is 1400. The highest BCUT2D eigenvalue weighted by molar-refractivity contribution is 7.17. The first kappa shape index (κ1) is 25.6. The van der Waals surface area contributed by atoms with Gasteiger partial charge in [0.1, 0.15) is 23.3 Å². The van der Waals surface area contributed by atoms with Crippen molar-refractivity contribution in [2.24, 2.45) is 13.0 Å². The van der Waals surface area contributed by atoms with Crippen LogP contribution in [0.2, 0.25) is 0 Å². The number of ether oxygens (including phenoxy) is 1. The van der Waals surface area contributed by atoms with Gasteiger partial charge in [0.2, 0.25) is 17.7 Å². The molecule has 2 amide bonds. The molecule has 3 aliphatic rings. The van der Waals surface area contributed by atoms with Crippen molar-refractivity contribution in [3.05, 3.63) is 28.4 Å². The molecule has 0 aliphatic heterocycles. The zero-order chi connectivity index (χ0) is 27.3. The lowest BCUT2D eigenvalue weighted by Crippen LogP contribution is -2.45. The number of anilines is 3. The Labute approximate surface area is 225 Å². The molecule has 0 bridgehead atoms. The van der Waals surface area contributed by atoms with E-state index in [2.05, 4.69) is 36.0 Å². The van der Waals surface area contributed by atoms with Gasteiger partial charge in [-0.2, -0.15) is 8.78 Å². The molecule has 0 aromatic carbocycles. The van der Waals surface area contributed by atoms with Crippen LogP contribution in [-0.4, -0.2) is 55.2 Å². The molecule has 3 heterocycles. The summed E-state index contributed by atoms with van der Waals surface area (Å²) in [5.41, 5.74) is 1.29. The number of carbonyl (C=O) groups is 2. The topological polar surface area (TPSA) is 128 Å². The quantitative estimate of drug-likeness (QED) is 0.361. The van der Waals surface area contributed by atoms with Crippen molar-refractivity contribution in [1.82, 2.24) is 29.9 Å². The first-order chi connectivity index (χ1) is 18.7. The number of nitrogens with zero attached hydrogens (tertiary/aromatic N) is 5. The monoisotopic (exact) mass is 564 g/mol. The number of halogens is 3. The summed E-state index contributed by atoms with van der Waals surface area (Å²) in [5.74, 6) is 0.119. The summed E-state index contributed by atoms with van der Waals surface area (Å²) in [6.07, 6.45) is 4.83. The molecule has 3 N–H and O–H groups in total. The number of alkyl halides is 3. The normalized spacial score (nSPS) is 22.2. The number of amides is 2. The molecule has 6 rings (SSSR count). The summed E-state index contributed by atoms with van der Waals surface area (Å²) in [6.45, 7) is -2.99. The van der Waals surface area contributed by atoms with Gasteiger partial charge in [-0.25, -0.2) is 9.07 Å². The van der Waals surface area contributed by atoms with Gasteiger partial charge in [0.05, 0.1) is 5.56 Å². The molecule has 15 heteroatoms. The number of fused-ring (bicyclic) bond motifs is 1. The van der Waals surface area contributed by atoms with Gasteiger partial charge in [0, 0.05) is 36.0 Å². The zero-order valence-corrected chi connectivity index (χ0v) is 21.8. The van der Waals surface area contributed by atoms with Crippen LogP contribution in [0.1, 0.15) is 58.9 Å². The average Bonchev–Trinajstić information content (AvgIpc) is 3.38. The van der Waals surface area contributed by atoms with E-state index in [-0.39, 0.29) is 48.5 Å². The van der Waals surface area contributed by atoms with E-state index in [1.165, 1.54) is 22.1 Å². The predicted octanol–water partition coefficient (Wildman–Crippen LogP) is 3.73. The molecule has 0 unspecified atom stereocenters. The summed E-state index contributed by atoms with van der Waals surface area (Å²) in [5, 5.41) is 21.6. The van der Waals surface area contributed by atoms with Crippen LogP contribution < -0.4 is 20.7 Å². The van der Waals surface area contributed by atoms with Gasteiger partial charge in [0.15, 0.2) is 0 Å². The largest absolute Gasteiger partial charge is 0.415 e. The number of nitrogens with one attached hydrogen (secondary N) is 3. The summed E-state index contributed by atoms with van der Waals surface area (Å²) >= 11 is 1.42. The highest BCUT2D eigenvalue weighted by Crippen LogP contribution is 2.43. The Morgan fingerprint density at radius 2 is 2.03 bits per heavy atom. The second-order valence-electron chi connectivity index (χ2n) is 10.2. The number of aromatic nitrogens is 5. The molecule has 3 aliphatic carbocycles. The molecule has 3 aromatic heterocycles. The van der Waals surface area contributed by atoms with Gasteiger partial charge in [-0.3, -0.25) is 14.2 Å². The minimum absolute atomic E-state index is 0.0176. The van der Waals surface area contributed by atoms with Gasteiger partial charge in [0.25, 0.3) is 5.91 Å². The van der Waals surface area contributed by atoms with Crippen molar-refractivity contribution >= 4 is 39.9 Å². The first-order valence-corrected chi connectivity index (χ1v) is 13.6. The van der Waals surface area contributed by atoms with Gasteiger partial charge >= 0.3 is 6.61 Å². The third-order valence-electron chi connectivity index (χ3n) is 7.34. The molecule has 0 saturated heterocycles. The fourth-order valence-corrected chi connectivity index (χ4v) is 6.28. The SMILES string of the molecule is Cn1nc(OC(F)F)cc1Nc1nncn1[C@H]1CCc2sc(NC(=O)C3CC3)c(C(=O)N[C@H]3C[C@H](F)C3)c2C1. The van der Waals surface area contributed by atoms with Gasteiger partial charge in [-0.1, -0.05) is 0 Å². The van der Waals surface area contributed by atoms with E-state index in [4.69, 9.17) is 0 Å². The van der Waals surface area contributed by atoms with E-state index in [0.29, 0.717) is 35.2 Å². The minimum Gasteiger partial charge on any atom is -0.415 e. The van der Waals surface area contributed by atoms with Crippen molar-refractivity contribution in [3.63, 3.8) is 0 Å². The van der Waals surface area contributed by atoms with E-state index in [9.17, 15) is 22.8 Å². The van der Waals surface area contributed by atoms with Crippen molar-refractivity contribution < 1.29 is 27.5 Å². The van der Waals surface area contributed by atoms with Crippen LogP contribution in [-0.2, 0) is 24.7 Å². The molecule has 2 fully saturated rings. The number of thiophene rings is 1. The molecule has 39 heavy (non-hydrogen) atoms. The first-order valence-electron chi connectivity index (χ1n) is 12.8. The number of aryl methyl sites for hydroxylation is 2. The molecule has 2 saturated carbocycles. The van der Waals surface area contributed by atoms with Crippen molar-refractivity contribution in [2.75, 3.05) is 10.6 Å². The number of hydrogen-bond acceptors (Lipinski definition) is 8. The maximum absolute atomic E-state index is 13.4. The van der Waals surface area contributed by atoms with Crippen LogP contribution in [0.4, 0.5) is 29.9 Å². The van der Waals surface area contributed by atoms with Gasteiger partial charge in [-0.05, 0) is 50.5 Å². The Kier molecular flexibility index (Phi) is 6.69. The van der Waals surface area contributed by atoms with Crippen LogP contribution in [0.25, 0.3) is 0 Å². The molecule has 0 spiro atoms. The minimum atomic E-state index is -2.99. The lowest BCUT2D eigenvalue weighted by Gasteiger charge is -2.31. The molecular formula is C24H27F3N8O3S. The number of rotatable bonds is 9. The molecule has 0 radical (unpaired) electrons. The van der Waals surface area contributed by atoms with E-state index >= 15 is 0 Å². The van der Waals surface area contributed by atoms with E-state index in [1.807, 2.05) is 4.57 Å². The molecular weight excluding hydrogens is 537 g/mol. The van der Waals surface area contributed by atoms with Crippen molar-refractivity contribution in [2.45, 2.75) is 69.8 Å². The summed E-state index contributed by atoms with van der Waals surface area (Å²) in [6, 6.07) is 0.996. The third kappa shape index (κ3) is 5.31. The Morgan fingerprint density at radius 3 is 2.74 bits per heavy atom. The maximum atomic E-state index is 13.4. The standard InChI is InChI=1S/C24H27F3N8O3S/c1-34-17(9-18(33-34)38-23(26)27)30-24-32-28-10-35(24)14-4-5-16-15(8-14)19(21(37)29-13-6-12(25)7-13)22(39-16)31-20(36)11-2-3-11/h9-14,23H,2-8H2,1H3,(H,29,37)(H,30,32)(H,31,36)/t12-,13-,14-/m0/s1. The third-order valence-corrected chi connectivity index (χ3v) is 8.54. The summed E-state index contributed by atoms with van der Waals surface area (Å²) in [4.78, 5) is 27.0. The molecule has 208 valence electrons. The zero-order valence-electron chi connectivity index (χ0n) is 21.0. The molecule has 3 aromatic rings. The van der Waals surface area contributed by atoms with Crippen molar-refractivity contribution in [1.29, 1.82) is 0 Å². The number of hydrogen-bond donors (Lipinski definition) is 3. The summed E-state index contributed by atoms with van der Waals surface area (Å²) in [7, 11) is 1.58. The van der Waals surface area contributed by atoms with Crippen LogP contribution in [0.5, 0.6) is 5.88 Å². The second kappa shape index (κ2) is 10.2. The molecule has 1 atom stereocenters. The maximum Gasteiger partial charge on any atom is 0.388 e. The van der Waals surface area contributed by atoms with Crippen molar-refractivity contribution in [3.8, 4) is 5.88 Å². The van der Waals surface area contributed by atoms with E-state index in [1.54, 1.807) is 13.4 Å². The summed E-state index contributed by atoms with van der Waals surface area (Å²) < 4.78 is 46.2. The predicted molar refractivity (Wildman–Crippen MR) is 135 cm³/mol. The smallest absolute Gasteiger partial charge is 0.388 e. The lowest BCUT2D eigenvalue weighted by molar-refractivity contribution is -0.117. The molecule has 11 nitrogen and oxygen atoms in total. The Hall–Kier alpha value is -3.62. The second-order valence-corrected chi connectivity index (χ2v) is 11.3. The highest BCUT2D eigenvalue weighted by Gasteiger charge is 2.36. The van der Waals surface area contributed by atoms with Gasteiger partial charge < -0.3 is 20.7 Å². The van der Waals surface area contributed by atoms with E-state index in [0.717, 1.165) is 29.7 Å². The lowest BCUT2D eigenvalue weighted by atomic mass is 9.89. The van der Waals surface area contributed by atoms with Crippen LogP contribution >= 0.6 is 11.3 Å². The fourth-order valence-electron chi connectivity index (χ4n) is 5.04. The Balaban J connectivity index is 1.25. The van der Waals surface area contributed by atoms with Crippen LogP contribution in [0.15, 0.2) is 12.4 Å². The van der Waals surface area contributed by atoms with E-state index < -0.39 is 12.8 Å². The fraction of sp³-hybridized carbons (Fsp3) is 0.542. The van der Waals surface area contributed by atoms with Crippen LogP contribution in [0, 0.1) is 5.92 Å². The Morgan fingerprint density at radius 1 is 1.23 bits per heavy atom. The van der Waals surface area contributed by atoms with Gasteiger partial charge in [-0.15, -0.1) is 26.6 Å². The van der Waals surface area contributed by atoms with Crippen LogP contribution in [0.3, 0.4) is 0 Å². The average molecular weight is 565 g/mol.